The number of hydrogen-bond acceptors (Lipinski definition) is 3. The molecule has 0 amide bonds. The first-order valence-electron chi connectivity index (χ1n) is 8.23. The number of nitrogens with zero attached hydrogens (tertiary/aromatic N) is 1. The molecule has 0 aromatic carbocycles. The predicted octanol–water partition coefficient (Wildman–Crippen LogP) is 2.90. The van der Waals surface area contributed by atoms with Gasteiger partial charge in [0.05, 0.1) is 6.61 Å². The second-order valence-corrected chi connectivity index (χ2v) is 5.92. The van der Waals surface area contributed by atoms with Gasteiger partial charge in [0.1, 0.15) is 0 Å². The SMILES string of the molecule is CCCCCCNCCN(CCOC)C(C)C1CC1. The van der Waals surface area contributed by atoms with Crippen LogP contribution < -0.4 is 5.32 Å². The Morgan fingerprint density at radius 3 is 2.58 bits per heavy atom. The number of methoxy groups -OCH3 is 1. The molecule has 1 fully saturated rings. The van der Waals surface area contributed by atoms with Crippen LogP contribution >= 0.6 is 0 Å². The van der Waals surface area contributed by atoms with Gasteiger partial charge < -0.3 is 10.1 Å². The second-order valence-electron chi connectivity index (χ2n) is 5.92. The van der Waals surface area contributed by atoms with Crippen molar-refractivity contribution in [2.24, 2.45) is 5.92 Å². The van der Waals surface area contributed by atoms with Gasteiger partial charge in [0.15, 0.2) is 0 Å². The van der Waals surface area contributed by atoms with E-state index in [-0.39, 0.29) is 0 Å². The zero-order chi connectivity index (χ0) is 13.9. The first-order valence-corrected chi connectivity index (χ1v) is 8.23. The van der Waals surface area contributed by atoms with E-state index in [1.165, 1.54) is 45.1 Å². The Bertz CT molecular complexity index is 207. The molecule has 1 N–H and O–H groups in total. The first kappa shape index (κ1) is 16.9. The topological polar surface area (TPSA) is 24.5 Å². The summed E-state index contributed by atoms with van der Waals surface area (Å²) < 4.78 is 5.23. The molecule has 1 rings (SSSR count). The molecule has 0 aliphatic heterocycles. The average Bonchev–Trinajstić information content (AvgIpc) is 3.25. The van der Waals surface area contributed by atoms with Gasteiger partial charge in [-0.1, -0.05) is 26.2 Å². The van der Waals surface area contributed by atoms with Gasteiger partial charge >= 0.3 is 0 Å². The fourth-order valence-electron chi connectivity index (χ4n) is 2.63. The van der Waals surface area contributed by atoms with Crippen molar-refractivity contribution in [3.63, 3.8) is 0 Å². The van der Waals surface area contributed by atoms with Crippen molar-refractivity contribution in [2.45, 2.75) is 58.4 Å². The molecule has 3 heteroatoms. The molecule has 0 aromatic rings. The standard InChI is InChI=1S/C16H34N2O/c1-4-5-6-7-10-17-11-12-18(13-14-19-3)15(2)16-8-9-16/h15-17H,4-14H2,1-3H3. The molecule has 114 valence electrons. The maximum absolute atomic E-state index is 5.23. The van der Waals surface area contributed by atoms with Crippen LogP contribution in [0.25, 0.3) is 0 Å². The Balaban J connectivity index is 2.06. The van der Waals surface area contributed by atoms with E-state index in [1.807, 2.05) is 0 Å². The normalized spacial score (nSPS) is 17.1. The number of nitrogens with one attached hydrogen (secondary N) is 1. The quantitative estimate of drug-likeness (QED) is 0.521. The van der Waals surface area contributed by atoms with Gasteiger partial charge in [-0.05, 0) is 38.6 Å². The maximum atomic E-state index is 5.23. The third-order valence-corrected chi connectivity index (χ3v) is 4.25. The van der Waals surface area contributed by atoms with E-state index in [0.29, 0.717) is 0 Å². The predicted molar refractivity (Wildman–Crippen MR) is 82.6 cm³/mol. The van der Waals surface area contributed by atoms with Crippen LogP contribution in [-0.2, 0) is 4.74 Å². The number of hydrogen-bond donors (Lipinski definition) is 1. The molecule has 0 aromatic heterocycles. The lowest BCUT2D eigenvalue weighted by molar-refractivity contribution is 0.117. The molecule has 1 atom stereocenters. The van der Waals surface area contributed by atoms with Gasteiger partial charge in [-0.3, -0.25) is 4.90 Å². The van der Waals surface area contributed by atoms with E-state index < -0.39 is 0 Å². The highest BCUT2D eigenvalue weighted by atomic mass is 16.5. The van der Waals surface area contributed by atoms with E-state index in [0.717, 1.165) is 38.2 Å². The Kier molecular flexibility index (Phi) is 9.48. The van der Waals surface area contributed by atoms with Crippen molar-refractivity contribution in [1.82, 2.24) is 10.2 Å². The third-order valence-electron chi connectivity index (χ3n) is 4.25. The Morgan fingerprint density at radius 1 is 1.16 bits per heavy atom. The Morgan fingerprint density at radius 2 is 1.95 bits per heavy atom. The second kappa shape index (κ2) is 10.6. The summed E-state index contributed by atoms with van der Waals surface area (Å²) in [6.45, 7) is 10.0. The number of unbranched alkanes of at least 4 members (excludes halogenated alkanes) is 3. The van der Waals surface area contributed by atoms with Crippen LogP contribution in [0.5, 0.6) is 0 Å². The van der Waals surface area contributed by atoms with Gasteiger partial charge in [0.25, 0.3) is 0 Å². The van der Waals surface area contributed by atoms with Crippen molar-refractivity contribution in [3.8, 4) is 0 Å². The first-order chi connectivity index (χ1) is 9.29. The number of ether oxygens (including phenoxy) is 1. The molecule has 19 heavy (non-hydrogen) atoms. The van der Waals surface area contributed by atoms with Gasteiger partial charge in [-0.25, -0.2) is 0 Å². The van der Waals surface area contributed by atoms with Gasteiger partial charge in [-0.15, -0.1) is 0 Å². The summed E-state index contributed by atoms with van der Waals surface area (Å²) >= 11 is 0. The molecule has 1 unspecified atom stereocenters. The largest absolute Gasteiger partial charge is 0.383 e. The van der Waals surface area contributed by atoms with Crippen LogP contribution in [0.4, 0.5) is 0 Å². The summed E-state index contributed by atoms with van der Waals surface area (Å²) in [5, 5.41) is 3.58. The van der Waals surface area contributed by atoms with Gasteiger partial charge in [-0.2, -0.15) is 0 Å². The smallest absolute Gasteiger partial charge is 0.0589 e. The zero-order valence-electron chi connectivity index (χ0n) is 13.3. The van der Waals surface area contributed by atoms with Crippen LogP contribution in [0.15, 0.2) is 0 Å². The molecule has 0 bridgehead atoms. The Hall–Kier alpha value is -0.120. The van der Waals surface area contributed by atoms with E-state index in [2.05, 4.69) is 24.1 Å². The summed E-state index contributed by atoms with van der Waals surface area (Å²) in [5.74, 6) is 0.946. The fourth-order valence-corrected chi connectivity index (χ4v) is 2.63. The monoisotopic (exact) mass is 270 g/mol. The highest BCUT2D eigenvalue weighted by Crippen LogP contribution is 2.34. The lowest BCUT2D eigenvalue weighted by atomic mass is 10.2. The lowest BCUT2D eigenvalue weighted by Gasteiger charge is -2.29. The Labute approximate surface area is 120 Å². The molecule has 1 saturated carbocycles. The molecule has 0 heterocycles. The minimum Gasteiger partial charge on any atom is -0.383 e. The van der Waals surface area contributed by atoms with Crippen LogP contribution in [0.2, 0.25) is 0 Å². The molecular formula is C16H34N2O. The average molecular weight is 270 g/mol. The summed E-state index contributed by atoms with van der Waals surface area (Å²) in [4.78, 5) is 2.60. The lowest BCUT2D eigenvalue weighted by Crippen LogP contribution is -2.41. The van der Waals surface area contributed by atoms with E-state index in [1.54, 1.807) is 7.11 Å². The molecule has 1 aliphatic carbocycles. The summed E-state index contributed by atoms with van der Waals surface area (Å²) in [6.07, 6.45) is 8.24. The zero-order valence-corrected chi connectivity index (χ0v) is 13.3. The minimum atomic E-state index is 0.733. The molecule has 3 nitrogen and oxygen atoms in total. The highest BCUT2D eigenvalue weighted by Gasteiger charge is 2.31. The van der Waals surface area contributed by atoms with Crippen molar-refractivity contribution in [1.29, 1.82) is 0 Å². The number of rotatable bonds is 13. The highest BCUT2D eigenvalue weighted by molar-refractivity contribution is 4.85. The summed E-state index contributed by atoms with van der Waals surface area (Å²) in [5.41, 5.74) is 0. The van der Waals surface area contributed by atoms with Crippen molar-refractivity contribution < 1.29 is 4.74 Å². The van der Waals surface area contributed by atoms with Crippen molar-refractivity contribution in [2.75, 3.05) is 39.9 Å². The molecule has 0 spiro atoms. The van der Waals surface area contributed by atoms with Crippen LogP contribution in [-0.4, -0.2) is 50.8 Å². The van der Waals surface area contributed by atoms with Crippen LogP contribution in [0, 0.1) is 5.92 Å². The third kappa shape index (κ3) is 7.91. The maximum Gasteiger partial charge on any atom is 0.0589 e. The summed E-state index contributed by atoms with van der Waals surface area (Å²) in [6, 6.07) is 0.733. The van der Waals surface area contributed by atoms with Crippen LogP contribution in [0.3, 0.4) is 0 Å². The van der Waals surface area contributed by atoms with Gasteiger partial charge in [0.2, 0.25) is 0 Å². The molecule has 0 saturated heterocycles. The van der Waals surface area contributed by atoms with E-state index in [9.17, 15) is 0 Å². The summed E-state index contributed by atoms with van der Waals surface area (Å²) in [7, 11) is 1.80. The van der Waals surface area contributed by atoms with Crippen LogP contribution in [0.1, 0.15) is 52.4 Å². The van der Waals surface area contributed by atoms with Gasteiger partial charge in [0, 0.05) is 32.8 Å². The molecule has 1 aliphatic rings. The van der Waals surface area contributed by atoms with Crippen molar-refractivity contribution >= 4 is 0 Å². The molecular weight excluding hydrogens is 236 g/mol. The van der Waals surface area contributed by atoms with E-state index in [4.69, 9.17) is 4.74 Å². The van der Waals surface area contributed by atoms with E-state index >= 15 is 0 Å². The molecule has 0 radical (unpaired) electrons. The van der Waals surface area contributed by atoms with Crippen molar-refractivity contribution in [3.05, 3.63) is 0 Å². The fraction of sp³-hybridized carbons (Fsp3) is 1.00. The minimum absolute atomic E-state index is 0.733.